The first-order chi connectivity index (χ1) is 10.1. The van der Waals surface area contributed by atoms with Gasteiger partial charge in [-0.2, -0.15) is 5.10 Å². The number of carbonyl (C=O) groups excluding carboxylic acids is 1. The van der Waals surface area contributed by atoms with Crippen molar-refractivity contribution in [3.63, 3.8) is 0 Å². The van der Waals surface area contributed by atoms with Crippen molar-refractivity contribution in [3.05, 3.63) is 40.4 Å². The van der Waals surface area contributed by atoms with Crippen LogP contribution in [0.15, 0.2) is 22.8 Å². The first kappa shape index (κ1) is 13.6. The molecule has 7 heteroatoms. The van der Waals surface area contributed by atoms with Gasteiger partial charge in [-0.3, -0.25) is 9.89 Å². The number of hydrogen-bond donors (Lipinski definition) is 2. The Morgan fingerprint density at radius 2 is 2.19 bits per heavy atom. The van der Waals surface area contributed by atoms with Crippen molar-refractivity contribution in [1.29, 1.82) is 0 Å². The van der Waals surface area contributed by atoms with Gasteiger partial charge in [-0.05, 0) is 32.9 Å². The fourth-order valence-electron chi connectivity index (χ4n) is 2.02. The van der Waals surface area contributed by atoms with E-state index in [2.05, 4.69) is 20.5 Å². The van der Waals surface area contributed by atoms with Gasteiger partial charge >= 0.3 is 0 Å². The van der Waals surface area contributed by atoms with E-state index in [4.69, 9.17) is 4.42 Å². The zero-order valence-corrected chi connectivity index (χ0v) is 12.7. The zero-order chi connectivity index (χ0) is 15.0. The highest BCUT2D eigenvalue weighted by Crippen LogP contribution is 2.28. The molecule has 2 N–H and O–H groups in total. The van der Waals surface area contributed by atoms with Crippen LogP contribution in [0.5, 0.6) is 0 Å². The number of amides is 1. The Morgan fingerprint density at radius 1 is 1.38 bits per heavy atom. The van der Waals surface area contributed by atoms with Crippen molar-refractivity contribution in [2.24, 2.45) is 0 Å². The Kier molecular flexibility index (Phi) is 3.34. The lowest BCUT2D eigenvalue weighted by molar-refractivity contribution is 0.102. The van der Waals surface area contributed by atoms with Gasteiger partial charge < -0.3 is 9.73 Å². The summed E-state index contributed by atoms with van der Waals surface area (Å²) in [5.41, 5.74) is 2.68. The molecule has 0 atom stereocenters. The van der Waals surface area contributed by atoms with Crippen molar-refractivity contribution in [2.45, 2.75) is 20.8 Å². The minimum Gasteiger partial charge on any atom is -0.462 e. The molecule has 3 aromatic rings. The minimum absolute atomic E-state index is 0.242. The molecule has 0 aliphatic carbocycles. The fraction of sp³-hybridized carbons (Fsp3) is 0.214. The SMILES string of the molecule is Cc1n[nH]c(C)c1NC(=O)c1nc(-c2ccco2)sc1C. The Bertz CT molecular complexity index is 767. The van der Waals surface area contributed by atoms with E-state index < -0.39 is 0 Å². The maximum atomic E-state index is 12.4. The summed E-state index contributed by atoms with van der Waals surface area (Å²) in [5, 5.41) is 10.4. The predicted molar refractivity (Wildman–Crippen MR) is 80.6 cm³/mol. The van der Waals surface area contributed by atoms with E-state index in [9.17, 15) is 4.79 Å². The molecular formula is C14H14N4O2S. The van der Waals surface area contributed by atoms with Gasteiger partial charge in [0.2, 0.25) is 0 Å². The van der Waals surface area contributed by atoms with Crippen LogP contribution in [-0.4, -0.2) is 21.1 Å². The number of nitrogens with zero attached hydrogens (tertiary/aromatic N) is 2. The van der Waals surface area contributed by atoms with Crippen LogP contribution in [0.3, 0.4) is 0 Å². The summed E-state index contributed by atoms with van der Waals surface area (Å²) < 4.78 is 5.31. The van der Waals surface area contributed by atoms with Gasteiger partial charge in [-0.1, -0.05) is 0 Å². The smallest absolute Gasteiger partial charge is 0.275 e. The summed E-state index contributed by atoms with van der Waals surface area (Å²) in [6, 6.07) is 3.62. The molecule has 0 fully saturated rings. The molecule has 0 radical (unpaired) electrons. The van der Waals surface area contributed by atoms with Crippen molar-refractivity contribution < 1.29 is 9.21 Å². The molecule has 1 amide bonds. The van der Waals surface area contributed by atoms with Gasteiger partial charge in [-0.25, -0.2) is 4.98 Å². The molecule has 0 bridgehead atoms. The maximum Gasteiger partial charge on any atom is 0.275 e. The fourth-order valence-corrected chi connectivity index (χ4v) is 2.90. The first-order valence-corrected chi connectivity index (χ1v) is 7.22. The molecule has 21 heavy (non-hydrogen) atoms. The number of aromatic amines is 1. The molecule has 6 nitrogen and oxygen atoms in total. The summed E-state index contributed by atoms with van der Waals surface area (Å²) in [4.78, 5) is 17.6. The van der Waals surface area contributed by atoms with Gasteiger partial charge in [-0.15, -0.1) is 11.3 Å². The van der Waals surface area contributed by atoms with E-state index in [-0.39, 0.29) is 5.91 Å². The van der Waals surface area contributed by atoms with Gasteiger partial charge in [0.25, 0.3) is 5.91 Å². The number of carbonyl (C=O) groups is 1. The Labute approximate surface area is 125 Å². The number of thiazole rings is 1. The quantitative estimate of drug-likeness (QED) is 0.777. The van der Waals surface area contributed by atoms with E-state index in [0.29, 0.717) is 22.1 Å². The summed E-state index contributed by atoms with van der Waals surface area (Å²) in [7, 11) is 0. The lowest BCUT2D eigenvalue weighted by Gasteiger charge is -2.03. The number of rotatable bonds is 3. The number of H-pyrrole nitrogens is 1. The number of aryl methyl sites for hydroxylation is 3. The summed E-state index contributed by atoms with van der Waals surface area (Å²) in [6.07, 6.45) is 1.59. The van der Waals surface area contributed by atoms with Crippen molar-refractivity contribution in [3.8, 4) is 10.8 Å². The van der Waals surface area contributed by atoms with Crippen LogP contribution < -0.4 is 5.32 Å². The highest BCUT2D eigenvalue weighted by molar-refractivity contribution is 7.15. The molecule has 0 aliphatic rings. The molecule has 0 saturated heterocycles. The van der Waals surface area contributed by atoms with Gasteiger partial charge in [0.05, 0.1) is 23.3 Å². The highest BCUT2D eigenvalue weighted by atomic mass is 32.1. The van der Waals surface area contributed by atoms with Gasteiger partial charge in [0.1, 0.15) is 5.69 Å². The number of hydrogen-bond acceptors (Lipinski definition) is 5. The van der Waals surface area contributed by atoms with Crippen molar-refractivity contribution in [1.82, 2.24) is 15.2 Å². The minimum atomic E-state index is -0.242. The van der Waals surface area contributed by atoms with Crippen LogP contribution in [0.2, 0.25) is 0 Å². The average Bonchev–Trinajstić information content (AvgIpc) is 3.15. The van der Waals surface area contributed by atoms with Crippen LogP contribution in [0.1, 0.15) is 26.8 Å². The molecule has 0 spiro atoms. The lowest BCUT2D eigenvalue weighted by Crippen LogP contribution is -2.14. The Hall–Kier alpha value is -2.41. The molecule has 0 saturated carbocycles. The van der Waals surface area contributed by atoms with Crippen LogP contribution in [0, 0.1) is 20.8 Å². The second-order valence-electron chi connectivity index (χ2n) is 4.66. The van der Waals surface area contributed by atoms with Crippen LogP contribution >= 0.6 is 11.3 Å². The highest BCUT2D eigenvalue weighted by Gasteiger charge is 2.19. The van der Waals surface area contributed by atoms with E-state index in [0.717, 1.165) is 16.3 Å². The molecule has 0 unspecified atom stereocenters. The Morgan fingerprint density at radius 3 is 2.81 bits per heavy atom. The molecule has 3 heterocycles. The van der Waals surface area contributed by atoms with E-state index >= 15 is 0 Å². The van der Waals surface area contributed by atoms with Crippen LogP contribution in [0.4, 0.5) is 5.69 Å². The van der Waals surface area contributed by atoms with Gasteiger partial charge in [0.15, 0.2) is 10.8 Å². The van der Waals surface area contributed by atoms with Gasteiger partial charge in [0, 0.05) is 4.88 Å². The summed E-state index contributed by atoms with van der Waals surface area (Å²) in [5.74, 6) is 0.423. The lowest BCUT2D eigenvalue weighted by atomic mass is 10.3. The normalized spacial score (nSPS) is 10.8. The first-order valence-electron chi connectivity index (χ1n) is 6.40. The number of anilines is 1. The average molecular weight is 302 g/mol. The van der Waals surface area contributed by atoms with Crippen LogP contribution in [0.25, 0.3) is 10.8 Å². The van der Waals surface area contributed by atoms with E-state index in [1.165, 1.54) is 11.3 Å². The van der Waals surface area contributed by atoms with E-state index in [1.54, 1.807) is 12.3 Å². The molecule has 108 valence electrons. The second kappa shape index (κ2) is 5.17. The number of furan rings is 1. The standard InChI is InChI=1S/C14H14N4O2S/c1-7-11(8(2)18-17-7)15-13(19)12-9(3)21-14(16-12)10-5-4-6-20-10/h4-6H,1-3H3,(H,15,19)(H,17,18). The monoisotopic (exact) mass is 302 g/mol. The number of nitrogens with one attached hydrogen (secondary N) is 2. The third-order valence-corrected chi connectivity index (χ3v) is 4.10. The van der Waals surface area contributed by atoms with Crippen molar-refractivity contribution in [2.75, 3.05) is 5.32 Å². The second-order valence-corrected chi connectivity index (χ2v) is 5.87. The zero-order valence-electron chi connectivity index (χ0n) is 11.9. The molecule has 3 rings (SSSR count). The maximum absolute atomic E-state index is 12.4. The number of aromatic nitrogens is 3. The summed E-state index contributed by atoms with van der Waals surface area (Å²) >= 11 is 1.43. The molecule has 0 aliphatic heterocycles. The van der Waals surface area contributed by atoms with E-state index in [1.807, 2.05) is 26.8 Å². The summed E-state index contributed by atoms with van der Waals surface area (Å²) in [6.45, 7) is 5.56. The Balaban J connectivity index is 1.89. The van der Waals surface area contributed by atoms with Crippen molar-refractivity contribution >= 4 is 22.9 Å². The third kappa shape index (κ3) is 2.47. The van der Waals surface area contributed by atoms with Crippen LogP contribution in [-0.2, 0) is 0 Å². The topological polar surface area (TPSA) is 83.8 Å². The third-order valence-electron chi connectivity index (χ3n) is 3.11. The largest absolute Gasteiger partial charge is 0.462 e. The molecule has 0 aromatic carbocycles. The predicted octanol–water partition coefficient (Wildman–Crippen LogP) is 3.30. The molecule has 3 aromatic heterocycles. The molecular weight excluding hydrogens is 288 g/mol.